The Morgan fingerprint density at radius 3 is 3.00 bits per heavy atom. The molecular weight excluding hydrogens is 192 g/mol. The predicted molar refractivity (Wildman–Crippen MR) is 58.3 cm³/mol. The lowest BCUT2D eigenvalue weighted by molar-refractivity contribution is -0.120. The summed E-state index contributed by atoms with van der Waals surface area (Å²) < 4.78 is 4.93. The molecule has 84 valence electrons. The van der Waals surface area contributed by atoms with Crippen molar-refractivity contribution in [1.29, 1.82) is 0 Å². The summed E-state index contributed by atoms with van der Waals surface area (Å²) in [5.74, 6) is 0.108. The number of rotatable bonds is 7. The third-order valence-corrected chi connectivity index (χ3v) is 2.01. The van der Waals surface area contributed by atoms with Crippen molar-refractivity contribution in [2.45, 2.75) is 26.3 Å². The maximum Gasteiger partial charge on any atom is 0.221 e. The lowest BCUT2D eigenvalue weighted by Gasteiger charge is -2.04. The van der Waals surface area contributed by atoms with Crippen molar-refractivity contribution in [2.75, 3.05) is 13.1 Å². The van der Waals surface area contributed by atoms with Crippen molar-refractivity contribution in [3.05, 3.63) is 24.2 Å². The van der Waals surface area contributed by atoms with E-state index in [0.717, 1.165) is 25.1 Å². The van der Waals surface area contributed by atoms with Crippen LogP contribution in [0.1, 0.15) is 25.3 Å². The second kappa shape index (κ2) is 7.06. The van der Waals surface area contributed by atoms with E-state index in [-0.39, 0.29) is 5.91 Å². The summed E-state index contributed by atoms with van der Waals surface area (Å²) in [5.41, 5.74) is 1.10. The highest BCUT2D eigenvalue weighted by Gasteiger charge is 1.99. The fourth-order valence-corrected chi connectivity index (χ4v) is 1.18. The monoisotopic (exact) mass is 210 g/mol. The molecule has 2 N–H and O–H groups in total. The first-order valence-electron chi connectivity index (χ1n) is 5.31. The van der Waals surface area contributed by atoms with Gasteiger partial charge in [-0.1, -0.05) is 6.92 Å². The number of nitrogens with one attached hydrogen (secondary N) is 2. The molecule has 0 aliphatic heterocycles. The van der Waals surface area contributed by atoms with Crippen molar-refractivity contribution in [3.63, 3.8) is 0 Å². The molecule has 0 aromatic carbocycles. The number of carbonyl (C=O) groups is 1. The molecule has 0 unspecified atom stereocenters. The van der Waals surface area contributed by atoms with Crippen LogP contribution in [0.15, 0.2) is 23.0 Å². The Morgan fingerprint density at radius 2 is 2.33 bits per heavy atom. The number of carbonyl (C=O) groups excluding carboxylic acids is 1. The largest absolute Gasteiger partial charge is 0.472 e. The molecule has 0 saturated heterocycles. The highest BCUT2D eigenvalue weighted by molar-refractivity contribution is 5.75. The van der Waals surface area contributed by atoms with Gasteiger partial charge in [-0.25, -0.2) is 0 Å². The molecule has 0 radical (unpaired) electrons. The van der Waals surface area contributed by atoms with E-state index in [1.807, 2.05) is 13.0 Å². The highest BCUT2D eigenvalue weighted by atomic mass is 16.3. The summed E-state index contributed by atoms with van der Waals surface area (Å²) >= 11 is 0. The normalized spacial score (nSPS) is 10.2. The standard InChI is InChI=1S/C11H18N2O2/c1-2-5-13-11(14)3-6-12-8-10-4-7-15-9-10/h4,7,9,12H,2-3,5-6,8H2,1H3,(H,13,14). The van der Waals surface area contributed by atoms with E-state index in [1.165, 1.54) is 0 Å². The zero-order valence-corrected chi connectivity index (χ0v) is 9.08. The molecule has 1 amide bonds. The lowest BCUT2D eigenvalue weighted by atomic mass is 10.3. The van der Waals surface area contributed by atoms with Crippen LogP contribution in [0.4, 0.5) is 0 Å². The third kappa shape index (κ3) is 5.22. The number of furan rings is 1. The van der Waals surface area contributed by atoms with Crippen LogP contribution in [0.2, 0.25) is 0 Å². The van der Waals surface area contributed by atoms with Crippen molar-refractivity contribution in [2.24, 2.45) is 0 Å². The average Bonchev–Trinajstić information content (AvgIpc) is 2.74. The Hall–Kier alpha value is -1.29. The van der Waals surface area contributed by atoms with Crippen molar-refractivity contribution in [1.82, 2.24) is 10.6 Å². The van der Waals surface area contributed by atoms with E-state index in [1.54, 1.807) is 12.5 Å². The summed E-state index contributed by atoms with van der Waals surface area (Å²) in [7, 11) is 0. The van der Waals surface area contributed by atoms with Crippen molar-refractivity contribution >= 4 is 5.91 Å². The van der Waals surface area contributed by atoms with E-state index in [4.69, 9.17) is 4.42 Å². The van der Waals surface area contributed by atoms with Gasteiger partial charge in [0.1, 0.15) is 0 Å². The molecular formula is C11H18N2O2. The summed E-state index contributed by atoms with van der Waals surface area (Å²) in [5, 5.41) is 6.00. The summed E-state index contributed by atoms with van der Waals surface area (Å²) in [6, 6.07) is 1.91. The van der Waals surface area contributed by atoms with Crippen LogP contribution >= 0.6 is 0 Å². The fraction of sp³-hybridized carbons (Fsp3) is 0.545. The van der Waals surface area contributed by atoms with Gasteiger partial charge in [0.15, 0.2) is 0 Å². The first-order chi connectivity index (χ1) is 7.33. The summed E-state index contributed by atoms with van der Waals surface area (Å²) in [6.07, 6.45) is 4.85. The van der Waals surface area contributed by atoms with E-state index in [9.17, 15) is 4.79 Å². The molecule has 0 fully saturated rings. The van der Waals surface area contributed by atoms with Gasteiger partial charge in [-0.2, -0.15) is 0 Å². The maximum absolute atomic E-state index is 11.2. The summed E-state index contributed by atoms with van der Waals surface area (Å²) in [4.78, 5) is 11.2. The molecule has 1 heterocycles. The Balaban J connectivity index is 1.99. The zero-order valence-electron chi connectivity index (χ0n) is 9.08. The van der Waals surface area contributed by atoms with E-state index < -0.39 is 0 Å². The van der Waals surface area contributed by atoms with E-state index in [0.29, 0.717) is 13.0 Å². The molecule has 1 aromatic rings. The van der Waals surface area contributed by atoms with Gasteiger partial charge in [-0.15, -0.1) is 0 Å². The molecule has 4 nitrogen and oxygen atoms in total. The molecule has 0 aliphatic carbocycles. The molecule has 0 atom stereocenters. The molecule has 1 aromatic heterocycles. The van der Waals surface area contributed by atoms with Crippen LogP contribution in [0.5, 0.6) is 0 Å². The second-order valence-corrected chi connectivity index (χ2v) is 3.41. The highest BCUT2D eigenvalue weighted by Crippen LogP contribution is 1.98. The Labute approximate surface area is 90.0 Å². The second-order valence-electron chi connectivity index (χ2n) is 3.41. The smallest absolute Gasteiger partial charge is 0.221 e. The lowest BCUT2D eigenvalue weighted by Crippen LogP contribution is -2.27. The van der Waals surface area contributed by atoms with Gasteiger partial charge in [-0.05, 0) is 12.5 Å². The zero-order chi connectivity index (χ0) is 10.9. The number of hydrogen-bond acceptors (Lipinski definition) is 3. The van der Waals surface area contributed by atoms with E-state index in [2.05, 4.69) is 10.6 Å². The number of hydrogen-bond donors (Lipinski definition) is 2. The minimum absolute atomic E-state index is 0.108. The van der Waals surface area contributed by atoms with Gasteiger partial charge in [0.25, 0.3) is 0 Å². The number of amides is 1. The topological polar surface area (TPSA) is 54.3 Å². The summed E-state index contributed by atoms with van der Waals surface area (Å²) in [6.45, 7) is 4.25. The molecule has 0 aliphatic rings. The molecule has 15 heavy (non-hydrogen) atoms. The SMILES string of the molecule is CCCNC(=O)CCNCc1ccoc1. The van der Waals surface area contributed by atoms with Crippen LogP contribution in [0.25, 0.3) is 0 Å². The van der Waals surface area contributed by atoms with Crippen molar-refractivity contribution < 1.29 is 9.21 Å². The van der Waals surface area contributed by atoms with Crippen LogP contribution in [0, 0.1) is 0 Å². The van der Waals surface area contributed by atoms with Gasteiger partial charge in [0.05, 0.1) is 12.5 Å². The van der Waals surface area contributed by atoms with Gasteiger partial charge >= 0.3 is 0 Å². The van der Waals surface area contributed by atoms with Crippen LogP contribution in [-0.2, 0) is 11.3 Å². The van der Waals surface area contributed by atoms with Crippen LogP contribution < -0.4 is 10.6 Å². The van der Waals surface area contributed by atoms with Crippen LogP contribution in [0.3, 0.4) is 0 Å². The maximum atomic E-state index is 11.2. The molecule has 0 bridgehead atoms. The Kier molecular flexibility index (Phi) is 5.55. The Morgan fingerprint density at radius 1 is 1.47 bits per heavy atom. The minimum Gasteiger partial charge on any atom is -0.472 e. The fourth-order valence-electron chi connectivity index (χ4n) is 1.18. The Bertz CT molecular complexity index is 270. The first-order valence-corrected chi connectivity index (χ1v) is 5.31. The van der Waals surface area contributed by atoms with Crippen LogP contribution in [-0.4, -0.2) is 19.0 Å². The minimum atomic E-state index is 0.108. The molecule has 1 rings (SSSR count). The third-order valence-electron chi connectivity index (χ3n) is 2.01. The van der Waals surface area contributed by atoms with Gasteiger partial charge in [0, 0.05) is 31.6 Å². The van der Waals surface area contributed by atoms with Gasteiger partial charge in [-0.3, -0.25) is 4.79 Å². The molecule has 0 spiro atoms. The quantitative estimate of drug-likeness (QED) is 0.667. The van der Waals surface area contributed by atoms with Crippen molar-refractivity contribution in [3.8, 4) is 0 Å². The average molecular weight is 210 g/mol. The van der Waals surface area contributed by atoms with Gasteiger partial charge < -0.3 is 15.1 Å². The van der Waals surface area contributed by atoms with Gasteiger partial charge in [0.2, 0.25) is 5.91 Å². The molecule has 0 saturated carbocycles. The molecule has 4 heteroatoms. The predicted octanol–water partition coefficient (Wildman–Crippen LogP) is 1.29. The van der Waals surface area contributed by atoms with E-state index >= 15 is 0 Å². The first kappa shape index (κ1) is 11.8.